The van der Waals surface area contributed by atoms with Crippen molar-refractivity contribution in [1.82, 2.24) is 0 Å². The summed E-state index contributed by atoms with van der Waals surface area (Å²) >= 11 is 0. The zero-order chi connectivity index (χ0) is 28.6. The van der Waals surface area contributed by atoms with E-state index in [0.29, 0.717) is 6.54 Å². The van der Waals surface area contributed by atoms with Crippen LogP contribution in [0.25, 0.3) is 11.1 Å². The van der Waals surface area contributed by atoms with Gasteiger partial charge in [0.2, 0.25) is 0 Å². The van der Waals surface area contributed by atoms with Crippen LogP contribution >= 0.6 is 0 Å². The van der Waals surface area contributed by atoms with Crippen molar-refractivity contribution in [2.45, 2.75) is 27.3 Å². The van der Waals surface area contributed by atoms with Crippen molar-refractivity contribution in [3.05, 3.63) is 180 Å². The van der Waals surface area contributed by atoms with E-state index >= 15 is 0 Å². The smallest absolute Gasteiger partial charge is 0.0672 e. The molecule has 0 aliphatic carbocycles. The summed E-state index contributed by atoms with van der Waals surface area (Å²) in [5.74, 6) is 0. The first kappa shape index (κ1) is 29.7. The van der Waals surface area contributed by atoms with Crippen molar-refractivity contribution >= 4 is 12.4 Å². The number of hydrogen-bond donors (Lipinski definition) is 0. The van der Waals surface area contributed by atoms with Gasteiger partial charge in [-0.25, -0.2) is 0 Å². The number of nitrogens with zero attached hydrogens (tertiary/aromatic N) is 2. The lowest BCUT2D eigenvalue weighted by Gasteiger charge is -2.07. The van der Waals surface area contributed by atoms with Gasteiger partial charge in [-0.1, -0.05) is 140 Å². The van der Waals surface area contributed by atoms with Crippen molar-refractivity contribution in [2.24, 2.45) is 9.98 Å². The van der Waals surface area contributed by atoms with Gasteiger partial charge in [0.05, 0.1) is 18.0 Å². The highest BCUT2D eigenvalue weighted by molar-refractivity contribution is 6.09. The molecule has 0 radical (unpaired) electrons. The Bertz CT molecular complexity index is 1470. The van der Waals surface area contributed by atoms with Crippen LogP contribution in [0.4, 0.5) is 0 Å². The Hall–Kier alpha value is -4.82. The third-order valence-corrected chi connectivity index (χ3v) is 6.29. The van der Waals surface area contributed by atoms with Crippen LogP contribution in [0.1, 0.15) is 30.5 Å². The second-order valence-corrected chi connectivity index (χ2v) is 9.17. The average molecular weight is 523 g/mol. The van der Waals surface area contributed by atoms with E-state index in [2.05, 4.69) is 110 Å². The van der Waals surface area contributed by atoms with Crippen molar-refractivity contribution < 1.29 is 0 Å². The number of aryl methyl sites for hydroxylation is 1. The minimum absolute atomic E-state index is 0.577. The Morgan fingerprint density at radius 1 is 0.775 bits per heavy atom. The molecule has 0 saturated heterocycles. The summed E-state index contributed by atoms with van der Waals surface area (Å²) in [6, 6.07) is 27.4. The van der Waals surface area contributed by atoms with E-state index in [4.69, 9.17) is 4.99 Å². The van der Waals surface area contributed by atoms with Crippen molar-refractivity contribution in [2.75, 3.05) is 0 Å². The molecule has 0 aliphatic rings. The van der Waals surface area contributed by atoms with Gasteiger partial charge in [-0.15, -0.1) is 0 Å². The Kier molecular flexibility index (Phi) is 12.0. The lowest BCUT2D eigenvalue weighted by atomic mass is 10.0. The molecule has 0 aromatic heterocycles. The zero-order valence-electron chi connectivity index (χ0n) is 23.8. The highest BCUT2D eigenvalue weighted by Gasteiger charge is 2.05. The predicted octanol–water partition coefficient (Wildman–Crippen LogP) is 9.98. The Labute approximate surface area is 240 Å². The second kappa shape index (κ2) is 16.2. The van der Waals surface area contributed by atoms with Crippen LogP contribution in [-0.4, -0.2) is 12.4 Å². The minimum atomic E-state index is 0.577. The van der Waals surface area contributed by atoms with Crippen LogP contribution < -0.4 is 0 Å². The van der Waals surface area contributed by atoms with Gasteiger partial charge in [-0.2, -0.15) is 0 Å². The van der Waals surface area contributed by atoms with E-state index in [1.165, 1.54) is 16.7 Å². The molecule has 0 bridgehead atoms. The van der Waals surface area contributed by atoms with Crippen LogP contribution in [-0.2, 0) is 6.54 Å². The van der Waals surface area contributed by atoms with Crippen LogP contribution in [0.15, 0.2) is 173 Å². The molecule has 0 heterocycles. The molecule has 3 aromatic carbocycles. The molecule has 40 heavy (non-hydrogen) atoms. The molecular formula is C38H38N2. The third-order valence-electron chi connectivity index (χ3n) is 6.29. The quantitative estimate of drug-likeness (QED) is 0.167. The van der Waals surface area contributed by atoms with Gasteiger partial charge in [0, 0.05) is 0 Å². The summed E-state index contributed by atoms with van der Waals surface area (Å²) in [6.45, 7) is 14.4. The average Bonchev–Trinajstić information content (AvgIpc) is 3.00. The second-order valence-electron chi connectivity index (χ2n) is 9.17. The van der Waals surface area contributed by atoms with Gasteiger partial charge in [0.15, 0.2) is 0 Å². The molecular weight excluding hydrogens is 484 g/mol. The maximum atomic E-state index is 4.98. The molecule has 3 aromatic rings. The largest absolute Gasteiger partial charge is 0.280 e. The van der Waals surface area contributed by atoms with Crippen molar-refractivity contribution in [3.63, 3.8) is 0 Å². The van der Waals surface area contributed by atoms with E-state index in [0.717, 1.165) is 33.7 Å². The maximum absolute atomic E-state index is 4.98. The molecule has 200 valence electrons. The first-order valence-corrected chi connectivity index (χ1v) is 13.5. The fourth-order valence-corrected chi connectivity index (χ4v) is 4.00. The first-order chi connectivity index (χ1) is 19.6. The van der Waals surface area contributed by atoms with E-state index < -0.39 is 0 Å². The molecule has 2 nitrogen and oxygen atoms in total. The van der Waals surface area contributed by atoms with Crippen LogP contribution in [0.5, 0.6) is 0 Å². The standard InChI is InChI=1S/C38H38N2/c1-6-9-15-32(7-2)33(8-3)16-13-14-19-37(39-5)28-38(40-29-31-22-20-30(4)21-23-31)36-26-24-35(25-27-36)34-17-11-10-12-18-34/h6-28H,2,5,29H2,1,3-4H3/b9-6-,16-13-,19-14+,32-15+,33-8+,37-28-,40-38?. The highest BCUT2D eigenvalue weighted by atomic mass is 14.7. The van der Waals surface area contributed by atoms with Crippen molar-refractivity contribution in [1.29, 1.82) is 0 Å². The summed E-state index contributed by atoms with van der Waals surface area (Å²) in [7, 11) is 0. The number of hydrogen-bond acceptors (Lipinski definition) is 2. The van der Waals surface area contributed by atoms with Crippen LogP contribution in [0.3, 0.4) is 0 Å². The molecule has 0 spiro atoms. The number of allylic oxidation sites excluding steroid dienone is 12. The molecule has 0 saturated carbocycles. The lowest BCUT2D eigenvalue weighted by molar-refractivity contribution is 1.07. The molecule has 0 amide bonds. The number of rotatable bonds is 12. The monoisotopic (exact) mass is 522 g/mol. The van der Waals surface area contributed by atoms with Gasteiger partial charge in [-0.05, 0) is 73.0 Å². The summed E-state index contributed by atoms with van der Waals surface area (Å²) < 4.78 is 0. The lowest BCUT2D eigenvalue weighted by Crippen LogP contribution is -2.00. The van der Waals surface area contributed by atoms with Gasteiger partial charge in [0.25, 0.3) is 0 Å². The Morgan fingerprint density at radius 3 is 2.08 bits per heavy atom. The van der Waals surface area contributed by atoms with E-state index in [1.807, 2.05) is 68.5 Å². The van der Waals surface area contributed by atoms with Crippen LogP contribution in [0, 0.1) is 6.92 Å². The molecule has 0 fully saturated rings. The number of benzene rings is 3. The molecule has 0 N–H and O–H groups in total. The third kappa shape index (κ3) is 9.18. The summed E-state index contributed by atoms with van der Waals surface area (Å²) in [5, 5.41) is 0. The van der Waals surface area contributed by atoms with E-state index in [-0.39, 0.29) is 0 Å². The SMILES string of the molecule is C=CC(=C\C=C/C)/C(/C=C\C=C\C(=C\C(=NCc1ccc(C)cc1)c1ccc(-c2ccccc2)cc1)N=C)=C/C. The number of aliphatic imine (C=N–C) groups is 2. The molecule has 0 atom stereocenters. The zero-order valence-corrected chi connectivity index (χ0v) is 23.8. The van der Waals surface area contributed by atoms with Gasteiger partial charge >= 0.3 is 0 Å². The van der Waals surface area contributed by atoms with Crippen LogP contribution in [0.2, 0.25) is 0 Å². The van der Waals surface area contributed by atoms with Crippen molar-refractivity contribution in [3.8, 4) is 11.1 Å². The maximum Gasteiger partial charge on any atom is 0.0672 e. The normalized spacial score (nSPS) is 13.5. The fraction of sp³-hybridized carbons (Fsp3) is 0.105. The topological polar surface area (TPSA) is 24.7 Å². The molecule has 3 rings (SSSR count). The minimum Gasteiger partial charge on any atom is -0.280 e. The predicted molar refractivity (Wildman–Crippen MR) is 176 cm³/mol. The van der Waals surface area contributed by atoms with E-state index in [1.54, 1.807) is 0 Å². The summed E-state index contributed by atoms with van der Waals surface area (Å²) in [4.78, 5) is 9.26. The van der Waals surface area contributed by atoms with E-state index in [9.17, 15) is 0 Å². The van der Waals surface area contributed by atoms with Gasteiger partial charge < -0.3 is 0 Å². The first-order valence-electron chi connectivity index (χ1n) is 13.5. The summed E-state index contributed by atoms with van der Waals surface area (Å²) in [5.41, 5.74) is 9.51. The Morgan fingerprint density at radius 2 is 1.45 bits per heavy atom. The molecule has 2 heteroatoms. The molecule has 0 aliphatic heterocycles. The fourth-order valence-electron chi connectivity index (χ4n) is 4.00. The summed E-state index contributed by atoms with van der Waals surface area (Å²) in [6.07, 6.45) is 19.9. The highest BCUT2D eigenvalue weighted by Crippen LogP contribution is 2.21. The molecule has 0 unspecified atom stereocenters. The van der Waals surface area contributed by atoms with Gasteiger partial charge in [-0.3, -0.25) is 9.98 Å². The Balaban J connectivity index is 1.90. The van der Waals surface area contributed by atoms with Gasteiger partial charge in [0.1, 0.15) is 0 Å².